The zero-order chi connectivity index (χ0) is 11.8. The summed E-state index contributed by atoms with van der Waals surface area (Å²) in [6, 6.07) is 7.22. The standard InChI is InChI=1S/C11H13ClN2O2/c1-11(7-15)6-14(13-10(11)16)9-4-2-3-8(12)5-9/h2-5,15H,6-7H2,1H3,(H,13,16). The summed E-state index contributed by atoms with van der Waals surface area (Å²) in [5.41, 5.74) is 2.78. The Bertz CT molecular complexity index is 424. The average Bonchev–Trinajstić information content (AvgIpc) is 2.56. The van der Waals surface area contributed by atoms with Crippen molar-refractivity contribution in [2.45, 2.75) is 6.92 Å². The molecule has 1 fully saturated rings. The predicted octanol–water partition coefficient (Wildman–Crippen LogP) is 1.19. The first-order valence-corrected chi connectivity index (χ1v) is 5.38. The summed E-state index contributed by atoms with van der Waals surface area (Å²) in [4.78, 5) is 11.6. The molecule has 1 heterocycles. The number of anilines is 1. The number of hydrazine groups is 1. The molecule has 0 aliphatic carbocycles. The molecule has 86 valence electrons. The van der Waals surface area contributed by atoms with Gasteiger partial charge in [0.15, 0.2) is 0 Å². The van der Waals surface area contributed by atoms with Crippen molar-refractivity contribution >= 4 is 23.2 Å². The number of aliphatic hydroxyl groups is 1. The lowest BCUT2D eigenvalue weighted by molar-refractivity contribution is -0.128. The summed E-state index contributed by atoms with van der Waals surface area (Å²) in [5.74, 6) is -0.171. The van der Waals surface area contributed by atoms with E-state index in [0.29, 0.717) is 11.6 Å². The summed E-state index contributed by atoms with van der Waals surface area (Å²) in [6.45, 7) is 1.99. The number of benzene rings is 1. The van der Waals surface area contributed by atoms with Gasteiger partial charge >= 0.3 is 0 Å². The van der Waals surface area contributed by atoms with Crippen LogP contribution in [0.5, 0.6) is 0 Å². The van der Waals surface area contributed by atoms with Gasteiger partial charge in [0.2, 0.25) is 5.91 Å². The minimum Gasteiger partial charge on any atom is -0.395 e. The van der Waals surface area contributed by atoms with E-state index in [1.165, 1.54) is 0 Å². The van der Waals surface area contributed by atoms with Crippen LogP contribution in [0.2, 0.25) is 5.02 Å². The van der Waals surface area contributed by atoms with Crippen LogP contribution in [0.3, 0.4) is 0 Å². The van der Waals surface area contributed by atoms with Crippen molar-refractivity contribution in [2.24, 2.45) is 5.41 Å². The van der Waals surface area contributed by atoms with Crippen LogP contribution in [0.4, 0.5) is 5.69 Å². The van der Waals surface area contributed by atoms with Gasteiger partial charge in [0.05, 0.1) is 24.3 Å². The quantitative estimate of drug-likeness (QED) is 0.817. The van der Waals surface area contributed by atoms with E-state index in [1.54, 1.807) is 24.1 Å². The van der Waals surface area contributed by atoms with Crippen LogP contribution < -0.4 is 10.4 Å². The van der Waals surface area contributed by atoms with Gasteiger partial charge in [-0.1, -0.05) is 17.7 Å². The lowest BCUT2D eigenvalue weighted by Gasteiger charge is -2.19. The second-order valence-corrected chi connectivity index (χ2v) is 4.66. The number of nitrogens with zero attached hydrogens (tertiary/aromatic N) is 1. The molecule has 1 saturated heterocycles. The molecule has 1 unspecified atom stereocenters. The number of carbonyl (C=O) groups is 1. The minimum atomic E-state index is -0.748. The first kappa shape index (κ1) is 11.2. The van der Waals surface area contributed by atoms with Crippen LogP contribution in [0.15, 0.2) is 24.3 Å². The fraction of sp³-hybridized carbons (Fsp3) is 0.364. The second-order valence-electron chi connectivity index (χ2n) is 4.23. The molecule has 0 bridgehead atoms. The van der Waals surface area contributed by atoms with E-state index in [2.05, 4.69) is 5.43 Å². The fourth-order valence-corrected chi connectivity index (χ4v) is 1.82. The van der Waals surface area contributed by atoms with Gasteiger partial charge < -0.3 is 5.11 Å². The molecular formula is C11H13ClN2O2. The Balaban J connectivity index is 2.23. The summed E-state index contributed by atoms with van der Waals surface area (Å²) >= 11 is 5.88. The van der Waals surface area contributed by atoms with Crippen molar-refractivity contribution in [2.75, 3.05) is 18.2 Å². The Morgan fingerprint density at radius 1 is 1.62 bits per heavy atom. The third kappa shape index (κ3) is 1.86. The van der Waals surface area contributed by atoms with Crippen LogP contribution in [0.1, 0.15) is 6.92 Å². The first-order valence-electron chi connectivity index (χ1n) is 5.00. The molecule has 2 N–H and O–H groups in total. The lowest BCUT2D eigenvalue weighted by atomic mass is 9.92. The van der Waals surface area contributed by atoms with E-state index in [1.807, 2.05) is 12.1 Å². The Morgan fingerprint density at radius 2 is 2.38 bits per heavy atom. The summed E-state index contributed by atoms with van der Waals surface area (Å²) in [7, 11) is 0. The molecular weight excluding hydrogens is 228 g/mol. The first-order chi connectivity index (χ1) is 7.55. The maximum atomic E-state index is 11.6. The topological polar surface area (TPSA) is 52.6 Å². The zero-order valence-corrected chi connectivity index (χ0v) is 9.66. The minimum absolute atomic E-state index is 0.171. The molecule has 1 amide bonds. The second kappa shape index (κ2) is 3.96. The van der Waals surface area contributed by atoms with Crippen LogP contribution >= 0.6 is 11.6 Å². The van der Waals surface area contributed by atoms with Gasteiger partial charge in [-0.05, 0) is 25.1 Å². The molecule has 1 aliphatic rings. The van der Waals surface area contributed by atoms with Crippen LogP contribution in [-0.2, 0) is 4.79 Å². The van der Waals surface area contributed by atoms with Crippen molar-refractivity contribution in [1.29, 1.82) is 0 Å². The van der Waals surface area contributed by atoms with Crippen molar-refractivity contribution in [1.82, 2.24) is 5.43 Å². The highest BCUT2D eigenvalue weighted by Gasteiger charge is 2.41. The molecule has 5 heteroatoms. The monoisotopic (exact) mass is 240 g/mol. The summed E-state index contributed by atoms with van der Waals surface area (Å²) < 4.78 is 0. The number of halogens is 1. The Morgan fingerprint density at radius 3 is 2.94 bits per heavy atom. The third-order valence-electron chi connectivity index (χ3n) is 2.76. The van der Waals surface area contributed by atoms with Gasteiger partial charge in [-0.25, -0.2) is 0 Å². The highest BCUT2D eigenvalue weighted by molar-refractivity contribution is 6.30. The molecule has 1 aromatic rings. The molecule has 4 nitrogen and oxygen atoms in total. The number of amides is 1. The molecule has 2 rings (SSSR count). The highest BCUT2D eigenvalue weighted by Crippen LogP contribution is 2.28. The highest BCUT2D eigenvalue weighted by atomic mass is 35.5. The maximum absolute atomic E-state index is 11.6. The van der Waals surface area contributed by atoms with Crippen LogP contribution in [0.25, 0.3) is 0 Å². The molecule has 1 aliphatic heterocycles. The van der Waals surface area contributed by atoms with Gasteiger partial charge in [-0.3, -0.25) is 15.2 Å². The van der Waals surface area contributed by atoms with Crippen LogP contribution in [0, 0.1) is 5.41 Å². The Hall–Kier alpha value is -1.26. The van der Waals surface area contributed by atoms with Crippen molar-refractivity contribution < 1.29 is 9.90 Å². The number of aliphatic hydroxyl groups excluding tert-OH is 1. The number of nitrogens with one attached hydrogen (secondary N) is 1. The van der Waals surface area contributed by atoms with E-state index in [4.69, 9.17) is 11.6 Å². The van der Waals surface area contributed by atoms with E-state index < -0.39 is 5.41 Å². The van der Waals surface area contributed by atoms with Gasteiger partial charge in [-0.15, -0.1) is 0 Å². The lowest BCUT2D eigenvalue weighted by Crippen LogP contribution is -2.34. The maximum Gasteiger partial charge on any atom is 0.248 e. The number of hydrogen-bond donors (Lipinski definition) is 2. The zero-order valence-electron chi connectivity index (χ0n) is 8.90. The molecule has 1 atom stereocenters. The largest absolute Gasteiger partial charge is 0.395 e. The third-order valence-corrected chi connectivity index (χ3v) is 3.00. The molecule has 0 saturated carbocycles. The van der Waals surface area contributed by atoms with Gasteiger partial charge in [-0.2, -0.15) is 0 Å². The van der Waals surface area contributed by atoms with Crippen molar-refractivity contribution in [3.8, 4) is 0 Å². The van der Waals surface area contributed by atoms with E-state index >= 15 is 0 Å². The number of hydrogen-bond acceptors (Lipinski definition) is 3. The molecule has 0 radical (unpaired) electrons. The molecule has 1 aromatic carbocycles. The SMILES string of the molecule is CC1(CO)CN(c2cccc(Cl)c2)NC1=O. The Labute approximate surface area is 98.8 Å². The van der Waals surface area contributed by atoms with E-state index in [9.17, 15) is 9.90 Å². The van der Waals surface area contributed by atoms with Crippen LogP contribution in [-0.4, -0.2) is 24.2 Å². The number of carbonyl (C=O) groups excluding carboxylic acids is 1. The summed E-state index contributed by atoms with van der Waals surface area (Å²) in [6.07, 6.45) is 0. The van der Waals surface area contributed by atoms with Gasteiger partial charge in [0, 0.05) is 5.02 Å². The van der Waals surface area contributed by atoms with E-state index in [0.717, 1.165) is 5.69 Å². The summed E-state index contributed by atoms with van der Waals surface area (Å²) in [5, 5.41) is 11.5. The molecule has 0 spiro atoms. The Kier molecular flexibility index (Phi) is 2.78. The average molecular weight is 241 g/mol. The normalized spacial score (nSPS) is 24.7. The molecule has 16 heavy (non-hydrogen) atoms. The van der Waals surface area contributed by atoms with E-state index in [-0.39, 0.29) is 12.5 Å². The number of rotatable bonds is 2. The van der Waals surface area contributed by atoms with Gasteiger partial charge in [0.25, 0.3) is 0 Å². The van der Waals surface area contributed by atoms with Crippen molar-refractivity contribution in [3.05, 3.63) is 29.3 Å². The predicted molar refractivity (Wildman–Crippen MR) is 62.1 cm³/mol. The van der Waals surface area contributed by atoms with Gasteiger partial charge in [0.1, 0.15) is 0 Å². The molecule has 0 aromatic heterocycles. The van der Waals surface area contributed by atoms with Crippen molar-refractivity contribution in [3.63, 3.8) is 0 Å². The fourth-order valence-electron chi connectivity index (χ4n) is 1.64. The smallest absolute Gasteiger partial charge is 0.248 e.